The van der Waals surface area contributed by atoms with E-state index in [1.165, 1.54) is 0 Å². The van der Waals surface area contributed by atoms with Crippen LogP contribution in [-0.2, 0) is 0 Å². The molecule has 23 heavy (non-hydrogen) atoms. The lowest BCUT2D eigenvalue weighted by molar-refractivity contribution is 0.0936. The molecule has 4 heteroatoms. The van der Waals surface area contributed by atoms with Crippen LogP contribution in [0.15, 0.2) is 48.5 Å². The van der Waals surface area contributed by atoms with Gasteiger partial charge in [0.2, 0.25) is 0 Å². The summed E-state index contributed by atoms with van der Waals surface area (Å²) in [5.74, 6) is 1.29. The van der Waals surface area contributed by atoms with E-state index in [4.69, 9.17) is 9.47 Å². The Kier molecular flexibility index (Phi) is 6.03. The Morgan fingerprint density at radius 1 is 1.00 bits per heavy atom. The van der Waals surface area contributed by atoms with Crippen molar-refractivity contribution in [1.82, 2.24) is 5.32 Å². The Bertz CT molecular complexity index is 637. The molecular weight excluding hydrogens is 290 g/mol. The van der Waals surface area contributed by atoms with E-state index in [2.05, 4.69) is 5.32 Å². The molecule has 1 atom stereocenters. The Balaban J connectivity index is 2.07. The van der Waals surface area contributed by atoms with Crippen molar-refractivity contribution in [2.45, 2.75) is 26.8 Å². The van der Waals surface area contributed by atoms with E-state index in [0.29, 0.717) is 24.5 Å². The van der Waals surface area contributed by atoms with Gasteiger partial charge in [0.15, 0.2) is 0 Å². The second kappa shape index (κ2) is 8.22. The van der Waals surface area contributed by atoms with Crippen molar-refractivity contribution in [2.75, 3.05) is 13.2 Å². The number of ether oxygens (including phenoxy) is 2. The highest BCUT2D eigenvalue weighted by Crippen LogP contribution is 2.21. The van der Waals surface area contributed by atoms with Gasteiger partial charge in [-0.15, -0.1) is 0 Å². The van der Waals surface area contributed by atoms with Crippen molar-refractivity contribution in [3.63, 3.8) is 0 Å². The maximum atomic E-state index is 12.5. The number of benzene rings is 2. The molecule has 0 saturated heterocycles. The van der Waals surface area contributed by atoms with Crippen LogP contribution >= 0.6 is 0 Å². The molecule has 0 spiro atoms. The van der Waals surface area contributed by atoms with Gasteiger partial charge in [-0.05, 0) is 50.6 Å². The van der Waals surface area contributed by atoms with Crippen molar-refractivity contribution in [2.24, 2.45) is 0 Å². The molecule has 0 saturated carbocycles. The Labute approximate surface area is 137 Å². The number of carbonyl (C=O) groups is 1. The number of rotatable bonds is 7. The molecule has 0 radical (unpaired) electrons. The van der Waals surface area contributed by atoms with Gasteiger partial charge in [-0.2, -0.15) is 0 Å². The maximum absolute atomic E-state index is 12.5. The predicted octanol–water partition coefficient (Wildman–Crippen LogP) is 3.98. The van der Waals surface area contributed by atoms with Gasteiger partial charge in [-0.25, -0.2) is 0 Å². The minimum Gasteiger partial charge on any atom is -0.494 e. The molecule has 2 aromatic rings. The highest BCUT2D eigenvalue weighted by atomic mass is 16.5. The normalized spacial score (nSPS) is 11.6. The van der Waals surface area contributed by atoms with Gasteiger partial charge < -0.3 is 14.8 Å². The molecule has 0 aliphatic rings. The molecule has 0 aromatic heterocycles. The first-order chi connectivity index (χ1) is 11.2. The zero-order valence-corrected chi connectivity index (χ0v) is 13.8. The fourth-order valence-corrected chi connectivity index (χ4v) is 2.31. The van der Waals surface area contributed by atoms with Gasteiger partial charge >= 0.3 is 0 Å². The fourth-order valence-electron chi connectivity index (χ4n) is 2.31. The van der Waals surface area contributed by atoms with Crippen molar-refractivity contribution >= 4 is 5.91 Å². The van der Waals surface area contributed by atoms with E-state index in [1.807, 2.05) is 57.2 Å². The van der Waals surface area contributed by atoms with Gasteiger partial charge in [-0.3, -0.25) is 4.79 Å². The molecule has 1 unspecified atom stereocenters. The van der Waals surface area contributed by atoms with E-state index in [9.17, 15) is 4.79 Å². The first-order valence-corrected chi connectivity index (χ1v) is 7.91. The average molecular weight is 313 g/mol. The monoisotopic (exact) mass is 313 g/mol. The number of hydrogen-bond donors (Lipinski definition) is 1. The average Bonchev–Trinajstić information content (AvgIpc) is 2.56. The summed E-state index contributed by atoms with van der Waals surface area (Å²) in [6.45, 7) is 6.97. The van der Waals surface area contributed by atoms with Gasteiger partial charge in [0.25, 0.3) is 5.91 Å². The Morgan fingerprint density at radius 3 is 2.30 bits per heavy atom. The Hall–Kier alpha value is -2.49. The van der Waals surface area contributed by atoms with Crippen molar-refractivity contribution < 1.29 is 14.3 Å². The maximum Gasteiger partial charge on any atom is 0.255 e. The largest absolute Gasteiger partial charge is 0.494 e. The smallest absolute Gasteiger partial charge is 0.255 e. The van der Waals surface area contributed by atoms with E-state index in [-0.39, 0.29) is 11.9 Å². The standard InChI is InChI=1S/C19H23NO3/c1-4-22-16-12-10-15(11-13-16)14(3)20-19(21)17-8-6-7-9-18(17)23-5-2/h6-14H,4-5H2,1-3H3,(H,20,21). The van der Waals surface area contributed by atoms with E-state index in [0.717, 1.165) is 11.3 Å². The summed E-state index contributed by atoms with van der Waals surface area (Å²) in [6, 6.07) is 14.9. The van der Waals surface area contributed by atoms with E-state index in [1.54, 1.807) is 12.1 Å². The minimum atomic E-state index is -0.143. The summed E-state index contributed by atoms with van der Waals surface area (Å²) in [6.07, 6.45) is 0. The number of hydrogen-bond acceptors (Lipinski definition) is 3. The molecular formula is C19H23NO3. The molecule has 2 rings (SSSR count). The van der Waals surface area contributed by atoms with Crippen molar-refractivity contribution in [3.05, 3.63) is 59.7 Å². The predicted molar refractivity (Wildman–Crippen MR) is 91.1 cm³/mol. The zero-order chi connectivity index (χ0) is 16.7. The molecule has 0 aliphatic heterocycles. The molecule has 0 bridgehead atoms. The van der Waals surface area contributed by atoms with Crippen LogP contribution in [0.3, 0.4) is 0 Å². The quantitative estimate of drug-likeness (QED) is 0.841. The van der Waals surface area contributed by atoms with Gasteiger partial charge in [-0.1, -0.05) is 24.3 Å². The summed E-state index contributed by atoms with van der Waals surface area (Å²) >= 11 is 0. The molecule has 0 fully saturated rings. The van der Waals surface area contributed by atoms with Gasteiger partial charge in [0.05, 0.1) is 24.8 Å². The molecule has 122 valence electrons. The van der Waals surface area contributed by atoms with E-state index >= 15 is 0 Å². The SMILES string of the molecule is CCOc1ccc(C(C)NC(=O)c2ccccc2OCC)cc1. The second-order valence-electron chi connectivity index (χ2n) is 5.13. The van der Waals surface area contributed by atoms with Crippen LogP contribution in [0.4, 0.5) is 0 Å². The van der Waals surface area contributed by atoms with Gasteiger partial charge in [0.1, 0.15) is 11.5 Å². The second-order valence-corrected chi connectivity index (χ2v) is 5.13. The topological polar surface area (TPSA) is 47.6 Å². The summed E-state index contributed by atoms with van der Waals surface area (Å²) < 4.78 is 10.9. The van der Waals surface area contributed by atoms with Crippen LogP contribution in [0.25, 0.3) is 0 Å². The molecule has 0 aliphatic carbocycles. The first kappa shape index (κ1) is 16.9. The minimum absolute atomic E-state index is 0.104. The summed E-state index contributed by atoms with van der Waals surface area (Å²) in [7, 11) is 0. The van der Waals surface area contributed by atoms with Gasteiger partial charge in [0, 0.05) is 0 Å². The molecule has 1 N–H and O–H groups in total. The van der Waals surface area contributed by atoms with Crippen LogP contribution in [0.5, 0.6) is 11.5 Å². The fraction of sp³-hybridized carbons (Fsp3) is 0.316. The van der Waals surface area contributed by atoms with Crippen molar-refractivity contribution in [3.8, 4) is 11.5 Å². The number of para-hydroxylation sites is 1. The number of carbonyl (C=O) groups excluding carboxylic acids is 1. The lowest BCUT2D eigenvalue weighted by atomic mass is 10.1. The van der Waals surface area contributed by atoms with Crippen LogP contribution in [0.2, 0.25) is 0 Å². The summed E-state index contributed by atoms with van der Waals surface area (Å²) in [5.41, 5.74) is 1.57. The summed E-state index contributed by atoms with van der Waals surface area (Å²) in [4.78, 5) is 12.5. The highest BCUT2D eigenvalue weighted by molar-refractivity contribution is 5.97. The molecule has 4 nitrogen and oxygen atoms in total. The third-order valence-corrected chi connectivity index (χ3v) is 3.47. The number of nitrogens with one attached hydrogen (secondary N) is 1. The van der Waals surface area contributed by atoms with Crippen LogP contribution in [-0.4, -0.2) is 19.1 Å². The van der Waals surface area contributed by atoms with Crippen LogP contribution < -0.4 is 14.8 Å². The third kappa shape index (κ3) is 4.49. The zero-order valence-electron chi connectivity index (χ0n) is 13.8. The van der Waals surface area contributed by atoms with E-state index < -0.39 is 0 Å². The lowest BCUT2D eigenvalue weighted by Crippen LogP contribution is -2.27. The summed E-state index contributed by atoms with van der Waals surface area (Å²) in [5, 5.41) is 3.00. The van der Waals surface area contributed by atoms with Crippen LogP contribution in [0.1, 0.15) is 42.7 Å². The van der Waals surface area contributed by atoms with Crippen LogP contribution in [0, 0.1) is 0 Å². The molecule has 0 heterocycles. The lowest BCUT2D eigenvalue weighted by Gasteiger charge is -2.16. The highest BCUT2D eigenvalue weighted by Gasteiger charge is 2.15. The van der Waals surface area contributed by atoms with Crippen molar-refractivity contribution in [1.29, 1.82) is 0 Å². The molecule has 2 aromatic carbocycles. The first-order valence-electron chi connectivity index (χ1n) is 7.91. The Morgan fingerprint density at radius 2 is 1.65 bits per heavy atom. The number of amides is 1. The third-order valence-electron chi connectivity index (χ3n) is 3.47. The molecule has 1 amide bonds.